The van der Waals surface area contributed by atoms with Crippen molar-refractivity contribution >= 4 is 16.5 Å². The van der Waals surface area contributed by atoms with Crippen LogP contribution in [0.3, 0.4) is 0 Å². The number of aromatic nitrogens is 2. The quantitative estimate of drug-likeness (QED) is 0.677. The number of rotatable bonds is 4. The van der Waals surface area contributed by atoms with Gasteiger partial charge in [0.2, 0.25) is 0 Å². The Morgan fingerprint density at radius 3 is 3.20 bits per heavy atom. The number of unbranched alkanes of at least 4 members (excludes halogenated alkanes) is 1. The van der Waals surface area contributed by atoms with Crippen molar-refractivity contribution in [2.75, 3.05) is 11.9 Å². The molecule has 0 aromatic carbocycles. The topological polar surface area (TPSA) is 37.8 Å². The molecule has 0 atom stereocenters. The SMILES string of the molecule is CCCCNc1cnns1. The molecule has 0 fully saturated rings. The molecule has 0 unspecified atom stereocenters. The lowest BCUT2D eigenvalue weighted by Crippen LogP contribution is -1.98. The van der Waals surface area contributed by atoms with Crippen LogP contribution in [0, 0.1) is 0 Å². The minimum absolute atomic E-state index is 1.03. The summed E-state index contributed by atoms with van der Waals surface area (Å²) in [5.74, 6) is 0. The summed E-state index contributed by atoms with van der Waals surface area (Å²) in [6, 6.07) is 0. The Bertz CT molecular complexity index is 162. The largest absolute Gasteiger partial charge is 0.374 e. The van der Waals surface area contributed by atoms with Crippen LogP contribution in [0.1, 0.15) is 19.8 Å². The summed E-state index contributed by atoms with van der Waals surface area (Å²) in [5, 5.41) is 7.99. The molecule has 0 bridgehead atoms. The summed E-state index contributed by atoms with van der Waals surface area (Å²) in [5.41, 5.74) is 0. The Morgan fingerprint density at radius 2 is 2.60 bits per heavy atom. The first-order valence-electron chi connectivity index (χ1n) is 3.44. The van der Waals surface area contributed by atoms with Gasteiger partial charge in [-0.25, -0.2) is 0 Å². The summed E-state index contributed by atoms with van der Waals surface area (Å²) in [6.07, 6.45) is 4.18. The second-order valence-electron chi connectivity index (χ2n) is 2.06. The molecule has 0 aliphatic rings. The highest BCUT2D eigenvalue weighted by atomic mass is 32.1. The van der Waals surface area contributed by atoms with Crippen LogP contribution in [-0.2, 0) is 0 Å². The molecule has 0 aliphatic carbocycles. The Labute approximate surface area is 64.6 Å². The van der Waals surface area contributed by atoms with Crippen LogP contribution in [0.2, 0.25) is 0 Å². The molecule has 1 N–H and O–H groups in total. The van der Waals surface area contributed by atoms with Crippen molar-refractivity contribution in [1.82, 2.24) is 9.59 Å². The lowest BCUT2D eigenvalue weighted by molar-refractivity contribution is 0.835. The second-order valence-corrected chi connectivity index (χ2v) is 2.85. The van der Waals surface area contributed by atoms with E-state index in [1.165, 1.54) is 24.4 Å². The highest BCUT2D eigenvalue weighted by Crippen LogP contribution is 2.08. The van der Waals surface area contributed by atoms with Gasteiger partial charge in [0.15, 0.2) is 0 Å². The van der Waals surface area contributed by atoms with Crippen LogP contribution in [0.5, 0.6) is 0 Å². The van der Waals surface area contributed by atoms with Gasteiger partial charge in [0, 0.05) is 18.1 Å². The van der Waals surface area contributed by atoms with Crippen molar-refractivity contribution in [2.24, 2.45) is 0 Å². The Morgan fingerprint density at radius 1 is 1.70 bits per heavy atom. The average Bonchev–Trinajstić information content (AvgIpc) is 2.41. The molecule has 56 valence electrons. The van der Waals surface area contributed by atoms with Crippen molar-refractivity contribution in [1.29, 1.82) is 0 Å². The van der Waals surface area contributed by atoms with Gasteiger partial charge in [0.1, 0.15) is 5.00 Å². The molecule has 1 aromatic rings. The van der Waals surface area contributed by atoms with Crippen molar-refractivity contribution < 1.29 is 0 Å². The van der Waals surface area contributed by atoms with Gasteiger partial charge in [-0.05, 0) is 6.42 Å². The van der Waals surface area contributed by atoms with Crippen LogP contribution in [0.25, 0.3) is 0 Å². The summed E-state index contributed by atoms with van der Waals surface area (Å²) >= 11 is 1.40. The zero-order chi connectivity index (χ0) is 7.23. The van der Waals surface area contributed by atoms with E-state index in [0.29, 0.717) is 0 Å². The first-order chi connectivity index (χ1) is 4.93. The molecule has 1 rings (SSSR count). The first kappa shape index (κ1) is 7.47. The Kier molecular flexibility index (Phi) is 3.15. The van der Waals surface area contributed by atoms with E-state index < -0.39 is 0 Å². The fourth-order valence-corrected chi connectivity index (χ4v) is 1.08. The molecule has 10 heavy (non-hydrogen) atoms. The van der Waals surface area contributed by atoms with Crippen LogP contribution in [0.15, 0.2) is 6.20 Å². The first-order valence-corrected chi connectivity index (χ1v) is 4.22. The number of hydrogen-bond donors (Lipinski definition) is 1. The minimum Gasteiger partial charge on any atom is -0.374 e. The van der Waals surface area contributed by atoms with Gasteiger partial charge in [-0.1, -0.05) is 17.8 Å². The second kappa shape index (κ2) is 4.22. The number of hydrogen-bond acceptors (Lipinski definition) is 4. The molecule has 0 spiro atoms. The number of nitrogens with zero attached hydrogens (tertiary/aromatic N) is 2. The maximum Gasteiger partial charge on any atom is 0.130 e. The number of nitrogens with one attached hydrogen (secondary N) is 1. The molecule has 0 aliphatic heterocycles. The lowest BCUT2D eigenvalue weighted by Gasteiger charge is -1.97. The highest BCUT2D eigenvalue weighted by Gasteiger charge is 1.91. The normalized spacial score (nSPS) is 9.70. The molecule has 3 nitrogen and oxygen atoms in total. The molecule has 0 saturated heterocycles. The third-order valence-corrected chi connectivity index (χ3v) is 1.81. The van der Waals surface area contributed by atoms with Gasteiger partial charge in [0.25, 0.3) is 0 Å². The minimum atomic E-state index is 1.03. The molecular weight excluding hydrogens is 146 g/mol. The van der Waals surface area contributed by atoms with E-state index in [1.807, 2.05) is 0 Å². The molecule has 4 heteroatoms. The summed E-state index contributed by atoms with van der Waals surface area (Å²) in [6.45, 7) is 3.20. The zero-order valence-corrected chi connectivity index (χ0v) is 6.82. The van der Waals surface area contributed by atoms with Gasteiger partial charge >= 0.3 is 0 Å². The lowest BCUT2D eigenvalue weighted by atomic mass is 10.3. The van der Waals surface area contributed by atoms with Crippen molar-refractivity contribution in [3.05, 3.63) is 6.20 Å². The van der Waals surface area contributed by atoms with Crippen LogP contribution >= 0.6 is 11.5 Å². The zero-order valence-electron chi connectivity index (χ0n) is 6.00. The Hall–Kier alpha value is -0.640. The molecule has 0 radical (unpaired) electrons. The van der Waals surface area contributed by atoms with E-state index in [-0.39, 0.29) is 0 Å². The van der Waals surface area contributed by atoms with Gasteiger partial charge in [-0.15, -0.1) is 5.10 Å². The molecule has 0 amide bonds. The number of anilines is 1. The van der Waals surface area contributed by atoms with Crippen LogP contribution in [-0.4, -0.2) is 16.1 Å². The average molecular weight is 157 g/mol. The van der Waals surface area contributed by atoms with E-state index in [9.17, 15) is 0 Å². The van der Waals surface area contributed by atoms with Crippen molar-refractivity contribution in [3.63, 3.8) is 0 Å². The van der Waals surface area contributed by atoms with Gasteiger partial charge < -0.3 is 5.32 Å². The van der Waals surface area contributed by atoms with Gasteiger partial charge in [-0.3, -0.25) is 0 Å². The monoisotopic (exact) mass is 157 g/mol. The van der Waals surface area contributed by atoms with Crippen LogP contribution in [0.4, 0.5) is 5.00 Å². The third-order valence-electron chi connectivity index (χ3n) is 1.19. The van der Waals surface area contributed by atoms with E-state index in [0.717, 1.165) is 11.5 Å². The predicted molar refractivity (Wildman–Crippen MR) is 43.3 cm³/mol. The summed E-state index contributed by atoms with van der Waals surface area (Å²) in [4.78, 5) is 0. The third kappa shape index (κ3) is 2.31. The molecular formula is C6H11N3S. The highest BCUT2D eigenvalue weighted by molar-refractivity contribution is 7.09. The molecule has 1 heterocycles. The smallest absolute Gasteiger partial charge is 0.130 e. The van der Waals surface area contributed by atoms with E-state index in [1.54, 1.807) is 6.20 Å². The van der Waals surface area contributed by atoms with Crippen LogP contribution < -0.4 is 5.32 Å². The fraction of sp³-hybridized carbons (Fsp3) is 0.667. The fourth-order valence-electron chi connectivity index (χ4n) is 0.633. The molecule has 0 saturated carbocycles. The van der Waals surface area contributed by atoms with E-state index in [2.05, 4.69) is 21.8 Å². The maximum atomic E-state index is 3.73. The van der Waals surface area contributed by atoms with E-state index in [4.69, 9.17) is 0 Å². The van der Waals surface area contributed by atoms with Crippen molar-refractivity contribution in [2.45, 2.75) is 19.8 Å². The summed E-state index contributed by atoms with van der Waals surface area (Å²) < 4.78 is 3.73. The van der Waals surface area contributed by atoms with Gasteiger partial charge in [-0.2, -0.15) is 0 Å². The predicted octanol–water partition coefficient (Wildman–Crippen LogP) is 1.75. The standard InChI is InChI=1S/C6H11N3S/c1-2-3-4-7-6-5-8-9-10-6/h5,7H,2-4H2,1H3. The van der Waals surface area contributed by atoms with Crippen molar-refractivity contribution in [3.8, 4) is 0 Å². The van der Waals surface area contributed by atoms with E-state index >= 15 is 0 Å². The Balaban J connectivity index is 2.15. The summed E-state index contributed by atoms with van der Waals surface area (Å²) in [7, 11) is 0. The maximum absolute atomic E-state index is 3.73. The molecule has 1 aromatic heterocycles. The van der Waals surface area contributed by atoms with Gasteiger partial charge in [0.05, 0.1) is 6.20 Å².